The lowest BCUT2D eigenvalue weighted by molar-refractivity contribution is -0.160. The maximum atomic E-state index is 12.9. The van der Waals surface area contributed by atoms with Crippen molar-refractivity contribution in [3.05, 3.63) is 93.1 Å². The summed E-state index contributed by atoms with van der Waals surface area (Å²) in [5.74, 6) is -0.0456. The van der Waals surface area contributed by atoms with Gasteiger partial charge in [0, 0.05) is 54.3 Å². The van der Waals surface area contributed by atoms with Crippen LogP contribution in [0, 0.1) is 12.3 Å². The number of ether oxygens (including phenoxy) is 2. The van der Waals surface area contributed by atoms with Gasteiger partial charge in [0.2, 0.25) is 0 Å². The highest BCUT2D eigenvalue weighted by molar-refractivity contribution is 6.00. The number of pyridine rings is 1. The Labute approximate surface area is 251 Å². The Morgan fingerprint density at radius 3 is 2.58 bits per heavy atom. The standard InChI is InChI=1S/C36H37N3O4/c1-20-16-24-17-22(23-7-10-28(38-5)25(18-23)19-37)6-8-26(24)32(30(20)34(35(40)41)43-36(2,3)4)27-9-11-29-31-21(13-15-42-29)12-14-39-33(27)31/h6-8,10,12,14,16-19,34,37-38H,9,11,13,15H2,1-5H3,(H,40,41). The third-order valence-electron chi connectivity index (χ3n) is 8.31. The first-order chi connectivity index (χ1) is 20.6. The van der Waals surface area contributed by atoms with Gasteiger partial charge in [-0.2, -0.15) is 0 Å². The molecule has 1 atom stereocenters. The van der Waals surface area contributed by atoms with Gasteiger partial charge in [-0.1, -0.05) is 24.3 Å². The van der Waals surface area contributed by atoms with Gasteiger partial charge in [-0.3, -0.25) is 4.98 Å². The number of aromatic nitrogens is 1. The van der Waals surface area contributed by atoms with E-state index in [1.54, 1.807) is 0 Å². The summed E-state index contributed by atoms with van der Waals surface area (Å²) in [7, 11) is 1.85. The normalized spacial score (nSPS) is 15.1. The largest absolute Gasteiger partial charge is 0.497 e. The first-order valence-electron chi connectivity index (χ1n) is 14.7. The number of benzene rings is 3. The Hall–Kier alpha value is -4.49. The fraction of sp³-hybridized carbons (Fsp3) is 0.306. The molecule has 3 N–H and O–H groups in total. The molecule has 0 saturated carbocycles. The van der Waals surface area contributed by atoms with Crippen LogP contribution >= 0.6 is 0 Å². The number of hydrogen-bond acceptors (Lipinski definition) is 6. The predicted octanol–water partition coefficient (Wildman–Crippen LogP) is 5.86. The summed E-state index contributed by atoms with van der Waals surface area (Å²) in [6.07, 6.45) is 4.29. The molecule has 0 bridgehead atoms. The number of fused-ring (bicyclic) bond motifs is 1. The predicted molar refractivity (Wildman–Crippen MR) is 171 cm³/mol. The van der Waals surface area contributed by atoms with E-state index in [2.05, 4.69) is 35.6 Å². The Bertz CT molecular complexity index is 1920. The molecule has 4 aromatic rings. The van der Waals surface area contributed by atoms with E-state index in [9.17, 15) is 9.90 Å². The lowest BCUT2D eigenvalue weighted by Crippen LogP contribution is -2.41. The SMILES string of the molecule is CNc1ccc(-c2ccc3c(C4=c5nccc6c5=C(CC4)OCC6)c(C(OC(C)(C)C)C(=O)O)c(C)cc3c2)cc1C=N. The van der Waals surface area contributed by atoms with Crippen LogP contribution in [0.3, 0.4) is 0 Å². The fourth-order valence-electron chi connectivity index (χ4n) is 6.49. The van der Waals surface area contributed by atoms with Crippen LogP contribution in [-0.2, 0) is 20.7 Å². The average molecular weight is 576 g/mol. The zero-order valence-corrected chi connectivity index (χ0v) is 25.3. The molecular formula is C36H37N3O4. The van der Waals surface area contributed by atoms with Crippen molar-refractivity contribution in [3.8, 4) is 11.1 Å². The van der Waals surface area contributed by atoms with Gasteiger partial charge < -0.3 is 25.3 Å². The summed E-state index contributed by atoms with van der Waals surface area (Å²) in [5.41, 5.74) is 7.70. The van der Waals surface area contributed by atoms with Gasteiger partial charge in [-0.25, -0.2) is 4.79 Å². The van der Waals surface area contributed by atoms with E-state index in [1.807, 2.05) is 59.1 Å². The molecule has 1 aliphatic heterocycles. The number of nitrogens with one attached hydrogen (secondary N) is 2. The van der Waals surface area contributed by atoms with Crippen molar-refractivity contribution in [1.82, 2.24) is 4.98 Å². The molecule has 220 valence electrons. The molecule has 0 fully saturated rings. The molecule has 7 nitrogen and oxygen atoms in total. The number of rotatable bonds is 7. The zero-order chi connectivity index (χ0) is 30.5. The molecule has 2 heterocycles. The highest BCUT2D eigenvalue weighted by atomic mass is 16.5. The van der Waals surface area contributed by atoms with Crippen LogP contribution in [0.2, 0.25) is 0 Å². The van der Waals surface area contributed by atoms with Gasteiger partial charge in [0.1, 0.15) is 5.76 Å². The van der Waals surface area contributed by atoms with Crippen LogP contribution in [0.4, 0.5) is 5.69 Å². The second-order valence-electron chi connectivity index (χ2n) is 12.3. The van der Waals surface area contributed by atoms with Gasteiger partial charge in [-0.15, -0.1) is 0 Å². The Kier molecular flexibility index (Phi) is 7.30. The zero-order valence-electron chi connectivity index (χ0n) is 25.3. The number of nitrogens with zero attached hydrogens (tertiary/aromatic N) is 1. The molecule has 6 rings (SSSR count). The number of anilines is 1. The van der Waals surface area contributed by atoms with E-state index >= 15 is 0 Å². The van der Waals surface area contributed by atoms with Crippen LogP contribution in [0.5, 0.6) is 0 Å². The van der Waals surface area contributed by atoms with E-state index in [1.165, 1.54) is 11.8 Å². The van der Waals surface area contributed by atoms with Gasteiger partial charge in [0.15, 0.2) is 6.10 Å². The summed E-state index contributed by atoms with van der Waals surface area (Å²) in [4.78, 5) is 17.7. The van der Waals surface area contributed by atoms with E-state index in [4.69, 9.17) is 19.9 Å². The van der Waals surface area contributed by atoms with Gasteiger partial charge in [-0.05, 0) is 103 Å². The van der Waals surface area contributed by atoms with Crippen LogP contribution in [0.15, 0.2) is 54.7 Å². The maximum Gasteiger partial charge on any atom is 0.337 e. The monoisotopic (exact) mass is 575 g/mol. The molecule has 0 spiro atoms. The van der Waals surface area contributed by atoms with Crippen molar-refractivity contribution in [3.63, 3.8) is 0 Å². The minimum absolute atomic E-state index is 0.665. The third kappa shape index (κ3) is 5.19. The third-order valence-corrected chi connectivity index (χ3v) is 8.31. The van der Waals surface area contributed by atoms with E-state index in [-0.39, 0.29) is 0 Å². The number of aryl methyl sites for hydroxylation is 1. The average Bonchev–Trinajstić information content (AvgIpc) is 2.99. The minimum Gasteiger partial charge on any atom is -0.497 e. The van der Waals surface area contributed by atoms with E-state index in [0.717, 1.165) is 79.0 Å². The molecular weight excluding hydrogens is 538 g/mol. The van der Waals surface area contributed by atoms with Crippen LogP contribution in [0.25, 0.3) is 33.2 Å². The van der Waals surface area contributed by atoms with Crippen LogP contribution < -0.4 is 15.9 Å². The lowest BCUT2D eigenvalue weighted by atomic mass is 9.82. The lowest BCUT2D eigenvalue weighted by Gasteiger charge is -2.30. The van der Waals surface area contributed by atoms with E-state index in [0.29, 0.717) is 18.6 Å². The highest BCUT2D eigenvalue weighted by Gasteiger charge is 2.33. The quantitative estimate of drug-likeness (QED) is 0.238. The van der Waals surface area contributed by atoms with Gasteiger partial charge in [0.25, 0.3) is 0 Å². The summed E-state index contributed by atoms with van der Waals surface area (Å²) in [5, 5.41) is 25.4. The molecule has 0 radical (unpaired) electrons. The number of carboxylic acids is 1. The Morgan fingerprint density at radius 1 is 1.09 bits per heavy atom. The number of carbonyl (C=O) groups is 1. The highest BCUT2D eigenvalue weighted by Crippen LogP contribution is 2.41. The molecule has 3 aromatic carbocycles. The second kappa shape index (κ2) is 11.0. The van der Waals surface area contributed by atoms with Crippen LogP contribution in [-0.4, -0.2) is 41.5 Å². The molecule has 1 unspecified atom stereocenters. The molecule has 0 amide bonds. The number of aliphatic carboxylic acids is 1. The first-order valence-corrected chi connectivity index (χ1v) is 14.7. The van der Waals surface area contributed by atoms with Gasteiger partial charge in [0.05, 0.1) is 17.6 Å². The maximum absolute atomic E-state index is 12.9. The fourth-order valence-corrected chi connectivity index (χ4v) is 6.49. The molecule has 1 aliphatic carbocycles. The number of hydrogen-bond donors (Lipinski definition) is 3. The first kappa shape index (κ1) is 28.6. The van der Waals surface area contributed by atoms with Crippen molar-refractivity contribution in [1.29, 1.82) is 5.41 Å². The molecule has 0 saturated heterocycles. The topological polar surface area (TPSA) is 105 Å². The Morgan fingerprint density at radius 2 is 1.86 bits per heavy atom. The molecule has 1 aromatic heterocycles. The minimum atomic E-state index is -1.16. The summed E-state index contributed by atoms with van der Waals surface area (Å²) in [6, 6.07) is 16.5. The molecule has 2 aliphatic rings. The van der Waals surface area contributed by atoms with Crippen molar-refractivity contribution >= 4 is 40.0 Å². The summed E-state index contributed by atoms with van der Waals surface area (Å²) >= 11 is 0. The van der Waals surface area contributed by atoms with Crippen molar-refractivity contribution in [2.45, 2.75) is 58.7 Å². The van der Waals surface area contributed by atoms with Crippen molar-refractivity contribution in [2.24, 2.45) is 0 Å². The Balaban J connectivity index is 1.68. The van der Waals surface area contributed by atoms with Crippen molar-refractivity contribution in [2.75, 3.05) is 19.0 Å². The summed E-state index contributed by atoms with van der Waals surface area (Å²) < 4.78 is 12.3. The van der Waals surface area contributed by atoms with Crippen molar-refractivity contribution < 1.29 is 19.4 Å². The van der Waals surface area contributed by atoms with E-state index < -0.39 is 17.7 Å². The molecule has 43 heavy (non-hydrogen) atoms. The van der Waals surface area contributed by atoms with Crippen LogP contribution in [0.1, 0.15) is 67.5 Å². The molecule has 7 heteroatoms. The second-order valence-corrected chi connectivity index (χ2v) is 12.3. The number of carboxylic acid groups (broad SMARTS) is 1. The summed E-state index contributed by atoms with van der Waals surface area (Å²) in [6.45, 7) is 8.29. The van der Waals surface area contributed by atoms with Gasteiger partial charge >= 0.3 is 5.97 Å². The smallest absolute Gasteiger partial charge is 0.337 e.